The van der Waals surface area contributed by atoms with E-state index in [0.717, 1.165) is 51.6 Å². The molecule has 1 atom stereocenters. The van der Waals surface area contributed by atoms with Crippen LogP contribution in [0.15, 0.2) is 35.3 Å². The Bertz CT molecular complexity index is 449. The molecule has 1 saturated heterocycles. The van der Waals surface area contributed by atoms with Crippen molar-refractivity contribution < 1.29 is 0 Å². The van der Waals surface area contributed by atoms with E-state index >= 15 is 0 Å². The summed E-state index contributed by atoms with van der Waals surface area (Å²) in [5, 5.41) is 3.40. The van der Waals surface area contributed by atoms with Gasteiger partial charge in [-0.15, -0.1) is 0 Å². The van der Waals surface area contributed by atoms with Crippen molar-refractivity contribution in [3.05, 3.63) is 35.9 Å². The number of aliphatic imine (C=N–C) groups is 1. The van der Waals surface area contributed by atoms with Crippen molar-refractivity contribution in [3.8, 4) is 0 Å². The second kappa shape index (κ2) is 8.79. The first-order valence-electron chi connectivity index (χ1n) is 8.62. The van der Waals surface area contributed by atoms with Gasteiger partial charge in [0.25, 0.3) is 0 Å². The van der Waals surface area contributed by atoms with Crippen LogP contribution in [0.5, 0.6) is 0 Å². The van der Waals surface area contributed by atoms with E-state index in [0.29, 0.717) is 6.04 Å². The molecule has 122 valence electrons. The third-order valence-electron chi connectivity index (χ3n) is 4.27. The quantitative estimate of drug-likeness (QED) is 0.670. The number of guanidine groups is 1. The maximum atomic E-state index is 4.60. The van der Waals surface area contributed by atoms with E-state index in [1.807, 2.05) is 0 Å². The summed E-state index contributed by atoms with van der Waals surface area (Å²) in [7, 11) is 0. The number of hydrogen-bond acceptors (Lipinski definition) is 2. The molecule has 1 aliphatic rings. The molecular formula is C18H30N4. The summed E-state index contributed by atoms with van der Waals surface area (Å²) in [5.41, 5.74) is 1.44. The number of benzene rings is 1. The summed E-state index contributed by atoms with van der Waals surface area (Å²) < 4.78 is 0. The Labute approximate surface area is 135 Å². The molecule has 1 aromatic carbocycles. The van der Waals surface area contributed by atoms with Crippen molar-refractivity contribution in [1.29, 1.82) is 0 Å². The summed E-state index contributed by atoms with van der Waals surface area (Å²) >= 11 is 0. The third-order valence-corrected chi connectivity index (χ3v) is 4.27. The average Bonchev–Trinajstić information content (AvgIpc) is 2.57. The van der Waals surface area contributed by atoms with Crippen LogP contribution in [0, 0.1) is 0 Å². The molecule has 1 aliphatic heterocycles. The van der Waals surface area contributed by atoms with Crippen LogP contribution >= 0.6 is 0 Å². The van der Waals surface area contributed by atoms with Crippen molar-refractivity contribution in [2.24, 2.45) is 4.99 Å². The summed E-state index contributed by atoms with van der Waals surface area (Å²) in [5.74, 6) is 1.07. The van der Waals surface area contributed by atoms with Crippen molar-refractivity contribution >= 4 is 5.96 Å². The highest BCUT2D eigenvalue weighted by Gasteiger charge is 2.25. The number of nitrogens with zero attached hydrogens (tertiary/aromatic N) is 3. The van der Waals surface area contributed by atoms with Gasteiger partial charge >= 0.3 is 0 Å². The minimum absolute atomic E-state index is 0.536. The first-order valence-corrected chi connectivity index (χ1v) is 8.62. The summed E-state index contributed by atoms with van der Waals surface area (Å²) in [6.45, 7) is 12.6. The van der Waals surface area contributed by atoms with E-state index in [-0.39, 0.29) is 0 Å². The van der Waals surface area contributed by atoms with Crippen molar-refractivity contribution in [1.82, 2.24) is 15.1 Å². The molecule has 1 N–H and O–H groups in total. The molecule has 0 aliphatic carbocycles. The number of rotatable bonds is 5. The lowest BCUT2D eigenvalue weighted by molar-refractivity contribution is 0.127. The highest BCUT2D eigenvalue weighted by molar-refractivity contribution is 5.80. The van der Waals surface area contributed by atoms with Gasteiger partial charge in [-0.05, 0) is 25.8 Å². The first kappa shape index (κ1) is 16.8. The topological polar surface area (TPSA) is 30.9 Å². The van der Waals surface area contributed by atoms with Crippen molar-refractivity contribution in [3.63, 3.8) is 0 Å². The largest absolute Gasteiger partial charge is 0.357 e. The standard InChI is InChI=1S/C18H30N4/c1-4-17(16-10-8-7-9-11-16)21-12-14-22(15-13-21)18(19-5-2)20-6-3/h7-11,17H,4-6,12-15H2,1-3H3,(H,19,20). The zero-order valence-electron chi connectivity index (χ0n) is 14.3. The smallest absolute Gasteiger partial charge is 0.193 e. The normalized spacial score (nSPS) is 18.3. The van der Waals surface area contributed by atoms with Gasteiger partial charge in [-0.2, -0.15) is 0 Å². The van der Waals surface area contributed by atoms with Crippen LogP contribution in [0.25, 0.3) is 0 Å². The Kier molecular flexibility index (Phi) is 6.72. The lowest BCUT2D eigenvalue weighted by Crippen LogP contribution is -2.53. The van der Waals surface area contributed by atoms with Gasteiger partial charge in [-0.25, -0.2) is 0 Å². The third kappa shape index (κ3) is 4.23. The molecular weight excluding hydrogens is 272 g/mol. The molecule has 0 saturated carbocycles. The van der Waals surface area contributed by atoms with E-state index in [2.05, 4.69) is 71.2 Å². The van der Waals surface area contributed by atoms with Crippen molar-refractivity contribution in [2.45, 2.75) is 33.2 Å². The Morgan fingerprint density at radius 2 is 1.77 bits per heavy atom. The number of piperazine rings is 1. The minimum Gasteiger partial charge on any atom is -0.357 e. The van der Waals surface area contributed by atoms with Gasteiger partial charge in [0, 0.05) is 45.3 Å². The molecule has 1 aromatic rings. The van der Waals surface area contributed by atoms with Crippen LogP contribution in [-0.2, 0) is 0 Å². The molecule has 0 spiro atoms. The van der Waals surface area contributed by atoms with E-state index in [1.54, 1.807) is 0 Å². The minimum atomic E-state index is 0.536. The molecule has 0 bridgehead atoms. The molecule has 0 amide bonds. The molecule has 4 heteroatoms. The van der Waals surface area contributed by atoms with Gasteiger partial charge in [-0.1, -0.05) is 37.3 Å². The van der Waals surface area contributed by atoms with E-state index in [9.17, 15) is 0 Å². The molecule has 22 heavy (non-hydrogen) atoms. The molecule has 0 aromatic heterocycles. The second-order valence-corrected chi connectivity index (χ2v) is 5.69. The van der Waals surface area contributed by atoms with Gasteiger partial charge in [-0.3, -0.25) is 9.89 Å². The Hall–Kier alpha value is -1.55. The van der Waals surface area contributed by atoms with Crippen LogP contribution < -0.4 is 5.32 Å². The molecule has 1 fully saturated rings. The van der Waals surface area contributed by atoms with Crippen LogP contribution in [0.2, 0.25) is 0 Å². The molecule has 0 radical (unpaired) electrons. The van der Waals surface area contributed by atoms with E-state index < -0.39 is 0 Å². The van der Waals surface area contributed by atoms with E-state index in [1.165, 1.54) is 5.56 Å². The maximum Gasteiger partial charge on any atom is 0.193 e. The summed E-state index contributed by atoms with van der Waals surface area (Å²) in [6.07, 6.45) is 1.16. The van der Waals surface area contributed by atoms with Gasteiger partial charge in [0.2, 0.25) is 0 Å². The van der Waals surface area contributed by atoms with Gasteiger partial charge in [0.05, 0.1) is 0 Å². The number of nitrogens with one attached hydrogen (secondary N) is 1. The predicted octanol–water partition coefficient (Wildman–Crippen LogP) is 2.74. The lowest BCUT2D eigenvalue weighted by Gasteiger charge is -2.40. The predicted molar refractivity (Wildman–Crippen MR) is 94.3 cm³/mol. The Morgan fingerprint density at radius 1 is 1.09 bits per heavy atom. The van der Waals surface area contributed by atoms with Gasteiger partial charge < -0.3 is 10.2 Å². The van der Waals surface area contributed by atoms with Gasteiger partial charge in [0.1, 0.15) is 0 Å². The SMILES string of the molecule is CCN=C(NCC)N1CCN(C(CC)c2ccccc2)CC1. The zero-order valence-corrected chi connectivity index (χ0v) is 14.3. The maximum absolute atomic E-state index is 4.60. The lowest BCUT2D eigenvalue weighted by atomic mass is 10.0. The van der Waals surface area contributed by atoms with Crippen LogP contribution in [-0.4, -0.2) is 55.0 Å². The number of hydrogen-bond donors (Lipinski definition) is 1. The van der Waals surface area contributed by atoms with E-state index in [4.69, 9.17) is 0 Å². The fraction of sp³-hybridized carbons (Fsp3) is 0.611. The highest BCUT2D eigenvalue weighted by atomic mass is 15.3. The monoisotopic (exact) mass is 302 g/mol. The summed E-state index contributed by atoms with van der Waals surface area (Å²) in [4.78, 5) is 9.60. The zero-order chi connectivity index (χ0) is 15.8. The fourth-order valence-electron chi connectivity index (χ4n) is 3.20. The first-order chi connectivity index (χ1) is 10.8. The second-order valence-electron chi connectivity index (χ2n) is 5.69. The van der Waals surface area contributed by atoms with Crippen molar-refractivity contribution in [2.75, 3.05) is 39.3 Å². The summed E-state index contributed by atoms with van der Waals surface area (Å²) in [6, 6.07) is 11.4. The molecule has 2 rings (SSSR count). The molecule has 1 unspecified atom stereocenters. The molecule has 1 heterocycles. The van der Waals surface area contributed by atoms with Gasteiger partial charge in [0.15, 0.2) is 5.96 Å². The Balaban J connectivity index is 1.97. The van der Waals surface area contributed by atoms with Crippen LogP contribution in [0.4, 0.5) is 0 Å². The highest BCUT2D eigenvalue weighted by Crippen LogP contribution is 2.25. The van der Waals surface area contributed by atoms with Crippen LogP contribution in [0.3, 0.4) is 0 Å². The fourth-order valence-corrected chi connectivity index (χ4v) is 3.20. The average molecular weight is 302 g/mol. The molecule has 4 nitrogen and oxygen atoms in total. The Morgan fingerprint density at radius 3 is 2.32 bits per heavy atom. The van der Waals surface area contributed by atoms with Crippen LogP contribution in [0.1, 0.15) is 38.8 Å².